The maximum atomic E-state index is 11.3. The van der Waals surface area contributed by atoms with Crippen LogP contribution in [0, 0.1) is 0 Å². The van der Waals surface area contributed by atoms with Gasteiger partial charge in [0.2, 0.25) is 0 Å². The highest BCUT2D eigenvalue weighted by atomic mass is 31.2. The Labute approximate surface area is 145 Å². The van der Waals surface area contributed by atoms with Crippen LogP contribution >= 0.6 is 7.82 Å². The normalized spacial score (nSPS) is 12.8. The van der Waals surface area contributed by atoms with E-state index >= 15 is 0 Å². The lowest BCUT2D eigenvalue weighted by molar-refractivity contribution is -0.139. The van der Waals surface area contributed by atoms with Crippen molar-refractivity contribution in [1.82, 2.24) is 0 Å². The SMILES string of the molecule is C=C(C)C(=O)OCCCC(CCCCCCCCC)OP(=O)(O)O. The second-order valence-corrected chi connectivity index (χ2v) is 7.38. The number of ether oxygens (including phenoxy) is 1. The van der Waals surface area contributed by atoms with Crippen LogP contribution in [0.1, 0.15) is 78.1 Å². The van der Waals surface area contributed by atoms with E-state index in [0.717, 1.165) is 19.3 Å². The van der Waals surface area contributed by atoms with Crippen LogP contribution in [0.4, 0.5) is 0 Å². The van der Waals surface area contributed by atoms with E-state index in [1.54, 1.807) is 6.92 Å². The molecule has 0 amide bonds. The molecule has 2 N–H and O–H groups in total. The average Bonchev–Trinajstić information content (AvgIpc) is 2.48. The number of carbonyl (C=O) groups excluding carboxylic acids is 1. The van der Waals surface area contributed by atoms with E-state index < -0.39 is 19.9 Å². The topological polar surface area (TPSA) is 93.1 Å². The Morgan fingerprint density at radius 1 is 1.04 bits per heavy atom. The average molecular weight is 364 g/mol. The van der Waals surface area contributed by atoms with Gasteiger partial charge in [-0.3, -0.25) is 4.52 Å². The van der Waals surface area contributed by atoms with Gasteiger partial charge in [-0.15, -0.1) is 0 Å². The summed E-state index contributed by atoms with van der Waals surface area (Å²) >= 11 is 0. The van der Waals surface area contributed by atoms with Gasteiger partial charge in [0.1, 0.15) is 0 Å². The largest absolute Gasteiger partial charge is 0.469 e. The Morgan fingerprint density at radius 2 is 1.58 bits per heavy atom. The number of phosphoric acid groups is 1. The molecule has 0 rings (SSSR count). The van der Waals surface area contributed by atoms with Gasteiger partial charge in [-0.05, 0) is 26.2 Å². The summed E-state index contributed by atoms with van der Waals surface area (Å²) in [4.78, 5) is 29.3. The van der Waals surface area contributed by atoms with Crippen LogP contribution < -0.4 is 0 Å². The fraction of sp³-hybridized carbons (Fsp3) is 0.824. The summed E-state index contributed by atoms with van der Waals surface area (Å²) in [6.45, 7) is 7.44. The maximum absolute atomic E-state index is 11.3. The van der Waals surface area contributed by atoms with Crippen LogP contribution in [-0.4, -0.2) is 28.5 Å². The van der Waals surface area contributed by atoms with Crippen LogP contribution in [0.5, 0.6) is 0 Å². The molecule has 0 heterocycles. The van der Waals surface area contributed by atoms with Crippen molar-refractivity contribution in [1.29, 1.82) is 0 Å². The van der Waals surface area contributed by atoms with Gasteiger partial charge in [0, 0.05) is 5.57 Å². The van der Waals surface area contributed by atoms with Gasteiger partial charge < -0.3 is 14.5 Å². The number of rotatable bonds is 15. The molecule has 0 aromatic carbocycles. The number of hydrogen-bond donors (Lipinski definition) is 2. The molecule has 142 valence electrons. The summed E-state index contributed by atoms with van der Waals surface area (Å²) in [5.74, 6) is -0.450. The van der Waals surface area contributed by atoms with E-state index in [-0.39, 0.29) is 6.61 Å². The summed E-state index contributed by atoms with van der Waals surface area (Å²) in [7, 11) is -4.50. The van der Waals surface area contributed by atoms with Crippen molar-refractivity contribution in [2.75, 3.05) is 6.61 Å². The third-order valence-electron chi connectivity index (χ3n) is 3.67. The molecule has 0 saturated heterocycles. The van der Waals surface area contributed by atoms with Gasteiger partial charge in [-0.1, -0.05) is 58.4 Å². The smallest absolute Gasteiger partial charge is 0.462 e. The van der Waals surface area contributed by atoms with E-state index in [1.807, 2.05) is 0 Å². The number of carbonyl (C=O) groups is 1. The van der Waals surface area contributed by atoms with Gasteiger partial charge in [0.15, 0.2) is 0 Å². The zero-order valence-corrected chi connectivity index (χ0v) is 15.9. The highest BCUT2D eigenvalue weighted by Gasteiger charge is 2.21. The van der Waals surface area contributed by atoms with E-state index in [9.17, 15) is 9.36 Å². The monoisotopic (exact) mass is 364 g/mol. The molecule has 0 fully saturated rings. The van der Waals surface area contributed by atoms with Gasteiger partial charge in [-0.2, -0.15) is 0 Å². The predicted molar refractivity (Wildman–Crippen MR) is 94.5 cm³/mol. The fourth-order valence-corrected chi connectivity index (χ4v) is 2.97. The van der Waals surface area contributed by atoms with Crippen molar-refractivity contribution in [3.8, 4) is 0 Å². The standard InChI is InChI=1S/C17H33O6P/c1-4-5-6-7-8-9-10-12-16(23-24(19,20)21)13-11-14-22-17(18)15(2)3/h16H,2,4-14H2,1,3H3,(H2,19,20,21). The number of esters is 1. The summed E-state index contributed by atoms with van der Waals surface area (Å²) in [6, 6.07) is 0. The molecule has 0 aliphatic heterocycles. The molecule has 0 aliphatic carbocycles. The Bertz CT molecular complexity index is 404. The lowest BCUT2D eigenvalue weighted by Gasteiger charge is -2.18. The van der Waals surface area contributed by atoms with Crippen LogP contribution in [0.2, 0.25) is 0 Å². The highest BCUT2D eigenvalue weighted by molar-refractivity contribution is 7.46. The van der Waals surface area contributed by atoms with E-state index in [4.69, 9.17) is 19.0 Å². The third-order valence-corrected chi connectivity index (χ3v) is 4.24. The lowest BCUT2D eigenvalue weighted by Crippen LogP contribution is -2.14. The van der Waals surface area contributed by atoms with Gasteiger partial charge >= 0.3 is 13.8 Å². The number of unbranched alkanes of at least 4 members (excludes halogenated alkanes) is 6. The molecule has 0 saturated carbocycles. The molecule has 1 atom stereocenters. The van der Waals surface area contributed by atoms with E-state index in [0.29, 0.717) is 24.8 Å². The summed E-state index contributed by atoms with van der Waals surface area (Å²) < 4.78 is 20.9. The van der Waals surface area contributed by atoms with Crippen molar-refractivity contribution in [2.24, 2.45) is 0 Å². The van der Waals surface area contributed by atoms with Gasteiger partial charge in [0.25, 0.3) is 0 Å². The Morgan fingerprint density at radius 3 is 2.12 bits per heavy atom. The zero-order chi connectivity index (χ0) is 18.4. The minimum atomic E-state index is -4.50. The lowest BCUT2D eigenvalue weighted by atomic mass is 10.0. The molecule has 24 heavy (non-hydrogen) atoms. The molecule has 7 heteroatoms. The molecule has 0 aliphatic rings. The van der Waals surface area contributed by atoms with E-state index in [1.165, 1.54) is 25.7 Å². The van der Waals surface area contributed by atoms with Crippen molar-refractivity contribution < 1.29 is 28.4 Å². The van der Waals surface area contributed by atoms with Crippen LogP contribution in [-0.2, 0) is 18.6 Å². The van der Waals surface area contributed by atoms with Crippen molar-refractivity contribution >= 4 is 13.8 Å². The van der Waals surface area contributed by atoms with Crippen molar-refractivity contribution in [3.63, 3.8) is 0 Å². The zero-order valence-electron chi connectivity index (χ0n) is 15.0. The Balaban J connectivity index is 3.99. The van der Waals surface area contributed by atoms with Crippen LogP contribution in [0.25, 0.3) is 0 Å². The van der Waals surface area contributed by atoms with Crippen molar-refractivity contribution in [2.45, 2.75) is 84.2 Å². The minimum Gasteiger partial charge on any atom is -0.462 e. The summed E-state index contributed by atoms with van der Waals surface area (Å²) in [5, 5.41) is 0. The van der Waals surface area contributed by atoms with Crippen molar-refractivity contribution in [3.05, 3.63) is 12.2 Å². The Hall–Kier alpha value is -0.680. The molecule has 0 spiro atoms. The second-order valence-electron chi connectivity index (χ2n) is 6.19. The molecule has 0 radical (unpaired) electrons. The van der Waals surface area contributed by atoms with Gasteiger partial charge in [-0.25, -0.2) is 9.36 Å². The first-order valence-electron chi connectivity index (χ1n) is 8.82. The minimum absolute atomic E-state index is 0.198. The predicted octanol–water partition coefficient (Wildman–Crippen LogP) is 4.50. The molecule has 0 aromatic rings. The van der Waals surface area contributed by atoms with E-state index in [2.05, 4.69) is 13.5 Å². The van der Waals surface area contributed by atoms with Crippen LogP contribution in [0.3, 0.4) is 0 Å². The number of phosphoric ester groups is 1. The maximum Gasteiger partial charge on any atom is 0.469 e. The number of hydrogen-bond acceptors (Lipinski definition) is 4. The second kappa shape index (κ2) is 13.6. The quantitative estimate of drug-likeness (QED) is 0.192. The fourth-order valence-electron chi connectivity index (χ4n) is 2.37. The Kier molecular flexibility index (Phi) is 13.2. The molecular formula is C17H33O6P. The molecule has 0 aromatic heterocycles. The molecular weight excluding hydrogens is 331 g/mol. The molecule has 1 unspecified atom stereocenters. The first kappa shape index (κ1) is 23.3. The summed E-state index contributed by atoms with van der Waals surface area (Å²) in [5.41, 5.74) is 0.334. The summed E-state index contributed by atoms with van der Waals surface area (Å²) in [6.07, 6.45) is 9.02. The first-order valence-corrected chi connectivity index (χ1v) is 10.4. The van der Waals surface area contributed by atoms with Gasteiger partial charge in [0.05, 0.1) is 12.7 Å². The molecule has 6 nitrogen and oxygen atoms in total. The third kappa shape index (κ3) is 14.9. The highest BCUT2D eigenvalue weighted by Crippen LogP contribution is 2.39. The first-order chi connectivity index (χ1) is 11.3. The molecule has 0 bridgehead atoms. The van der Waals surface area contributed by atoms with Crippen LogP contribution in [0.15, 0.2) is 12.2 Å².